The van der Waals surface area contributed by atoms with Gasteiger partial charge in [0.25, 0.3) is 0 Å². The van der Waals surface area contributed by atoms with Crippen LogP contribution < -0.4 is 0 Å². The molecule has 4 saturated carbocycles. The van der Waals surface area contributed by atoms with Crippen molar-refractivity contribution in [3.63, 3.8) is 0 Å². The molecule has 4 aliphatic carbocycles. The van der Waals surface area contributed by atoms with Crippen molar-refractivity contribution in [1.82, 2.24) is 4.98 Å². The zero-order valence-electron chi connectivity index (χ0n) is 19.2. The molecule has 1 heterocycles. The first-order chi connectivity index (χ1) is 14.2. The van der Waals surface area contributed by atoms with Crippen LogP contribution >= 0.6 is 11.3 Å². The van der Waals surface area contributed by atoms with Gasteiger partial charge < -0.3 is 5.11 Å². The minimum atomic E-state index is -0.436. The monoisotopic (exact) mass is 429 g/mol. The largest absolute Gasteiger partial charge is 0.390 e. The number of thiazole rings is 1. The Hall–Kier alpha value is -0.740. The Bertz CT molecular complexity index is 809. The Morgan fingerprint density at radius 1 is 1.03 bits per heavy atom. The van der Waals surface area contributed by atoms with Crippen LogP contribution in [-0.4, -0.2) is 21.5 Å². The molecule has 0 amide bonds. The highest BCUT2D eigenvalue weighted by Gasteiger charge is 2.58. The molecule has 1 aromatic rings. The smallest absolute Gasteiger partial charge is 0.143 e. The Labute approximate surface area is 186 Å². The third-order valence-corrected chi connectivity index (χ3v) is 11.1. The number of hydrogen-bond donors (Lipinski definition) is 1. The lowest BCUT2D eigenvalue weighted by Gasteiger charge is -2.56. The van der Waals surface area contributed by atoms with Gasteiger partial charge in [0.1, 0.15) is 10.8 Å². The van der Waals surface area contributed by atoms with Crippen LogP contribution in [0.25, 0.3) is 0 Å². The highest BCUT2D eigenvalue weighted by Crippen LogP contribution is 2.64. The van der Waals surface area contributed by atoms with Gasteiger partial charge in [0, 0.05) is 10.8 Å². The van der Waals surface area contributed by atoms with Crippen molar-refractivity contribution in [2.24, 2.45) is 40.9 Å². The second kappa shape index (κ2) is 7.40. The molecule has 0 unspecified atom stereocenters. The van der Waals surface area contributed by atoms with Gasteiger partial charge in [-0.1, -0.05) is 6.92 Å². The van der Waals surface area contributed by atoms with E-state index in [1.807, 2.05) is 6.92 Å². The predicted molar refractivity (Wildman–Crippen MR) is 122 cm³/mol. The number of nitrogens with zero attached hydrogens (tertiary/aromatic N) is 1. The van der Waals surface area contributed by atoms with E-state index in [-0.39, 0.29) is 11.3 Å². The van der Waals surface area contributed by atoms with Crippen molar-refractivity contribution in [3.8, 4) is 0 Å². The maximum Gasteiger partial charge on any atom is 0.143 e. The fourth-order valence-corrected chi connectivity index (χ4v) is 9.44. The maximum atomic E-state index is 13.4. The number of rotatable bonds is 3. The second-order valence-corrected chi connectivity index (χ2v) is 13.0. The van der Waals surface area contributed by atoms with E-state index >= 15 is 0 Å². The SMILES string of the molecule is Cc1nc(CC(=O)[C@H]2CC[C@H]3[C@@H]4CC[C@@H]5C[C@](C)(O)CC[C@@H]5[C@H]4CC[C@]23C)sc1C. The summed E-state index contributed by atoms with van der Waals surface area (Å²) in [5, 5.41) is 11.6. The molecule has 0 spiro atoms. The van der Waals surface area contributed by atoms with Crippen molar-refractivity contribution >= 4 is 17.1 Å². The zero-order valence-corrected chi connectivity index (χ0v) is 20.1. The molecule has 1 N–H and O–H groups in total. The van der Waals surface area contributed by atoms with Crippen molar-refractivity contribution in [2.45, 2.75) is 97.5 Å². The van der Waals surface area contributed by atoms with Gasteiger partial charge in [-0.05, 0) is 114 Å². The number of carbonyl (C=O) groups is 1. The lowest BCUT2D eigenvalue weighted by Crippen LogP contribution is -2.51. The Morgan fingerprint density at radius 3 is 2.53 bits per heavy atom. The van der Waals surface area contributed by atoms with Gasteiger partial charge in [-0.3, -0.25) is 4.79 Å². The Kier molecular flexibility index (Phi) is 5.21. The molecule has 30 heavy (non-hydrogen) atoms. The lowest BCUT2D eigenvalue weighted by atomic mass is 9.49. The maximum absolute atomic E-state index is 13.4. The van der Waals surface area contributed by atoms with Crippen LogP contribution in [0.1, 0.15) is 87.2 Å². The van der Waals surface area contributed by atoms with Gasteiger partial charge in [0.15, 0.2) is 0 Å². The second-order valence-electron chi connectivity index (χ2n) is 11.7. The molecule has 166 valence electrons. The standard InChI is InChI=1S/C26H39NO2S/c1-15-16(2)30-24(27-15)13-23(28)22-8-7-21-20-6-5-17-14-25(3,29)11-9-18(17)19(20)10-12-26(21,22)4/h17-22,29H,5-14H2,1-4H3/t17-,18+,19-,20-,21+,22-,25-,26+/m1/s1. The minimum Gasteiger partial charge on any atom is -0.390 e. The molecule has 0 aromatic carbocycles. The molecule has 4 aliphatic rings. The van der Waals surface area contributed by atoms with Crippen molar-refractivity contribution in [2.75, 3.05) is 0 Å². The summed E-state index contributed by atoms with van der Waals surface area (Å²) in [6.07, 6.45) is 11.2. The molecule has 0 aliphatic heterocycles. The molecule has 0 radical (unpaired) electrons. The van der Waals surface area contributed by atoms with E-state index in [2.05, 4.69) is 25.8 Å². The highest BCUT2D eigenvalue weighted by atomic mass is 32.1. The van der Waals surface area contributed by atoms with Crippen LogP contribution in [-0.2, 0) is 11.2 Å². The molecule has 3 nitrogen and oxygen atoms in total. The van der Waals surface area contributed by atoms with Crippen LogP contribution in [0.2, 0.25) is 0 Å². The minimum absolute atomic E-state index is 0.201. The molecule has 0 saturated heterocycles. The third kappa shape index (κ3) is 3.41. The molecule has 8 atom stereocenters. The van der Waals surface area contributed by atoms with Crippen LogP contribution in [0.15, 0.2) is 0 Å². The van der Waals surface area contributed by atoms with Gasteiger partial charge in [0.05, 0.1) is 17.7 Å². The first kappa shape index (κ1) is 21.1. The number of hydrogen-bond acceptors (Lipinski definition) is 4. The number of aryl methyl sites for hydroxylation is 2. The van der Waals surface area contributed by atoms with Gasteiger partial charge in [-0.25, -0.2) is 4.98 Å². The summed E-state index contributed by atoms with van der Waals surface area (Å²) in [5.41, 5.74) is 0.850. The summed E-state index contributed by atoms with van der Waals surface area (Å²) < 4.78 is 0. The van der Waals surface area contributed by atoms with Gasteiger partial charge >= 0.3 is 0 Å². The topological polar surface area (TPSA) is 50.2 Å². The summed E-state index contributed by atoms with van der Waals surface area (Å²) in [7, 11) is 0. The van der Waals surface area contributed by atoms with Crippen molar-refractivity contribution in [3.05, 3.63) is 15.6 Å². The van der Waals surface area contributed by atoms with E-state index in [1.165, 1.54) is 43.4 Å². The zero-order chi connectivity index (χ0) is 21.3. The van der Waals surface area contributed by atoms with Crippen molar-refractivity contribution < 1.29 is 9.90 Å². The van der Waals surface area contributed by atoms with Crippen LogP contribution in [0.5, 0.6) is 0 Å². The number of ketones is 1. The molecule has 4 heteroatoms. The normalized spacial score (nSPS) is 45.5. The predicted octanol–water partition coefficient (Wildman–Crippen LogP) is 5.89. The van der Waals surface area contributed by atoms with Crippen LogP contribution in [0, 0.1) is 54.8 Å². The lowest BCUT2D eigenvalue weighted by molar-refractivity contribution is -0.131. The Balaban J connectivity index is 1.31. The fourth-order valence-electron chi connectivity index (χ4n) is 8.50. The van der Waals surface area contributed by atoms with E-state index in [1.54, 1.807) is 11.3 Å². The number of fused-ring (bicyclic) bond motifs is 5. The average Bonchev–Trinajstić information content (AvgIpc) is 3.19. The molecule has 1 aromatic heterocycles. The van der Waals surface area contributed by atoms with E-state index in [9.17, 15) is 9.90 Å². The van der Waals surface area contributed by atoms with Crippen LogP contribution in [0.4, 0.5) is 0 Å². The average molecular weight is 430 g/mol. The Morgan fingerprint density at radius 2 is 1.80 bits per heavy atom. The van der Waals surface area contributed by atoms with E-state index in [4.69, 9.17) is 0 Å². The first-order valence-corrected chi connectivity index (χ1v) is 13.2. The first-order valence-electron chi connectivity index (χ1n) is 12.4. The van der Waals surface area contributed by atoms with E-state index < -0.39 is 5.60 Å². The van der Waals surface area contributed by atoms with Crippen molar-refractivity contribution in [1.29, 1.82) is 0 Å². The van der Waals surface area contributed by atoms with Gasteiger partial charge in [-0.2, -0.15) is 0 Å². The molecular weight excluding hydrogens is 390 g/mol. The van der Waals surface area contributed by atoms with E-state index in [0.717, 1.165) is 59.6 Å². The summed E-state index contributed by atoms with van der Waals surface area (Å²) >= 11 is 1.71. The molecule has 4 fully saturated rings. The summed E-state index contributed by atoms with van der Waals surface area (Å²) in [6.45, 7) is 8.66. The molecular formula is C26H39NO2S. The number of aromatic nitrogens is 1. The molecule has 0 bridgehead atoms. The summed E-state index contributed by atoms with van der Waals surface area (Å²) in [6, 6.07) is 0. The molecule has 5 rings (SSSR count). The fraction of sp³-hybridized carbons (Fsp3) is 0.846. The van der Waals surface area contributed by atoms with Gasteiger partial charge in [-0.15, -0.1) is 11.3 Å². The summed E-state index contributed by atoms with van der Waals surface area (Å²) in [5.74, 6) is 4.63. The van der Waals surface area contributed by atoms with Crippen LogP contribution in [0.3, 0.4) is 0 Å². The van der Waals surface area contributed by atoms with Gasteiger partial charge in [0.2, 0.25) is 0 Å². The number of Topliss-reactive ketones (excluding diaryl/α,β-unsaturated/α-hetero) is 1. The number of aliphatic hydroxyl groups is 1. The third-order valence-electron chi connectivity index (χ3n) is 10.0. The van der Waals surface area contributed by atoms with E-state index in [0.29, 0.717) is 12.2 Å². The number of carbonyl (C=O) groups excluding carboxylic acids is 1. The summed E-state index contributed by atoms with van der Waals surface area (Å²) in [4.78, 5) is 19.3. The quantitative estimate of drug-likeness (QED) is 0.651. The highest BCUT2D eigenvalue weighted by molar-refractivity contribution is 7.11.